The van der Waals surface area contributed by atoms with Crippen molar-refractivity contribution in [2.75, 3.05) is 31.2 Å². The van der Waals surface area contributed by atoms with E-state index in [-0.39, 0.29) is 5.91 Å². The maximum atomic E-state index is 12.3. The highest BCUT2D eigenvalue weighted by Crippen LogP contribution is 2.22. The monoisotopic (exact) mass is 365 g/mol. The van der Waals surface area contributed by atoms with Crippen molar-refractivity contribution in [1.29, 1.82) is 0 Å². The molecule has 1 aliphatic heterocycles. The SMILES string of the molecule is Cc1ccc2c(CC(=O)NCc3ccc(N4CCOCC4)nc3)coc2c1. The number of anilines is 1. The molecule has 0 aliphatic carbocycles. The number of rotatable bonds is 5. The van der Waals surface area contributed by atoms with Crippen molar-refractivity contribution >= 4 is 22.7 Å². The summed E-state index contributed by atoms with van der Waals surface area (Å²) in [7, 11) is 0. The van der Waals surface area contributed by atoms with Gasteiger partial charge in [0.15, 0.2) is 0 Å². The summed E-state index contributed by atoms with van der Waals surface area (Å²) in [6.45, 7) is 5.68. The Labute approximate surface area is 158 Å². The van der Waals surface area contributed by atoms with Gasteiger partial charge in [0.25, 0.3) is 0 Å². The number of carbonyl (C=O) groups excluding carboxylic acids is 1. The first-order chi connectivity index (χ1) is 13.2. The molecule has 1 amide bonds. The molecule has 6 nitrogen and oxygen atoms in total. The lowest BCUT2D eigenvalue weighted by Gasteiger charge is -2.27. The van der Waals surface area contributed by atoms with Crippen LogP contribution in [0.5, 0.6) is 0 Å². The molecule has 3 heterocycles. The second-order valence-electron chi connectivity index (χ2n) is 6.84. The summed E-state index contributed by atoms with van der Waals surface area (Å²) in [6, 6.07) is 10.0. The number of nitrogens with one attached hydrogen (secondary N) is 1. The minimum Gasteiger partial charge on any atom is -0.464 e. The average molecular weight is 365 g/mol. The van der Waals surface area contributed by atoms with Crippen molar-refractivity contribution in [3.63, 3.8) is 0 Å². The first-order valence-corrected chi connectivity index (χ1v) is 9.20. The van der Waals surface area contributed by atoms with Gasteiger partial charge in [-0.3, -0.25) is 4.79 Å². The molecule has 4 rings (SSSR count). The van der Waals surface area contributed by atoms with Crippen LogP contribution < -0.4 is 10.2 Å². The van der Waals surface area contributed by atoms with Crippen molar-refractivity contribution in [1.82, 2.24) is 10.3 Å². The van der Waals surface area contributed by atoms with Crippen LogP contribution in [-0.4, -0.2) is 37.2 Å². The highest BCUT2D eigenvalue weighted by molar-refractivity contribution is 5.87. The minimum atomic E-state index is -0.0319. The Morgan fingerprint density at radius 2 is 2.07 bits per heavy atom. The van der Waals surface area contributed by atoms with Gasteiger partial charge in [-0.25, -0.2) is 4.98 Å². The van der Waals surface area contributed by atoms with Gasteiger partial charge in [0.05, 0.1) is 25.9 Å². The maximum Gasteiger partial charge on any atom is 0.224 e. The third-order valence-electron chi connectivity index (χ3n) is 4.80. The Morgan fingerprint density at radius 3 is 2.85 bits per heavy atom. The van der Waals surface area contributed by atoms with Gasteiger partial charge in [0.2, 0.25) is 5.91 Å². The van der Waals surface area contributed by atoms with Crippen molar-refractivity contribution in [2.24, 2.45) is 0 Å². The first kappa shape index (κ1) is 17.5. The fourth-order valence-electron chi connectivity index (χ4n) is 3.26. The zero-order valence-electron chi connectivity index (χ0n) is 15.4. The molecule has 140 valence electrons. The molecule has 1 aliphatic rings. The van der Waals surface area contributed by atoms with E-state index in [9.17, 15) is 4.79 Å². The molecule has 0 saturated carbocycles. The number of aryl methyl sites for hydroxylation is 1. The molecule has 0 atom stereocenters. The largest absolute Gasteiger partial charge is 0.464 e. The Hall–Kier alpha value is -2.86. The standard InChI is InChI=1S/C21H23N3O3/c1-15-2-4-18-17(14-27-19(18)10-15)11-21(25)23-13-16-3-5-20(22-12-16)24-6-8-26-9-7-24/h2-5,10,12,14H,6-9,11,13H2,1H3,(H,23,25). The van der Waals surface area contributed by atoms with Crippen LogP contribution in [0.15, 0.2) is 47.2 Å². The summed E-state index contributed by atoms with van der Waals surface area (Å²) in [4.78, 5) is 19.0. The molecule has 27 heavy (non-hydrogen) atoms. The lowest BCUT2D eigenvalue weighted by Crippen LogP contribution is -2.36. The number of carbonyl (C=O) groups is 1. The number of morpholine rings is 1. The van der Waals surface area contributed by atoms with Crippen LogP contribution in [0.4, 0.5) is 5.82 Å². The van der Waals surface area contributed by atoms with Crippen molar-refractivity contribution in [2.45, 2.75) is 19.9 Å². The summed E-state index contributed by atoms with van der Waals surface area (Å²) < 4.78 is 10.9. The van der Waals surface area contributed by atoms with Crippen molar-refractivity contribution in [3.05, 3.63) is 59.5 Å². The second-order valence-corrected chi connectivity index (χ2v) is 6.84. The summed E-state index contributed by atoms with van der Waals surface area (Å²) in [6.07, 6.45) is 3.79. The molecule has 6 heteroatoms. The molecule has 1 aromatic carbocycles. The second kappa shape index (κ2) is 7.80. The Balaban J connectivity index is 1.33. The predicted molar refractivity (Wildman–Crippen MR) is 104 cm³/mol. The number of benzene rings is 1. The number of hydrogen-bond donors (Lipinski definition) is 1. The van der Waals surface area contributed by atoms with Gasteiger partial charge in [-0.1, -0.05) is 18.2 Å². The molecular weight excluding hydrogens is 342 g/mol. The predicted octanol–water partition coefficient (Wildman–Crippen LogP) is 2.83. The number of nitrogens with zero attached hydrogens (tertiary/aromatic N) is 2. The number of amides is 1. The molecule has 0 unspecified atom stereocenters. The van der Waals surface area contributed by atoms with Crippen molar-refractivity contribution in [3.8, 4) is 0 Å². The van der Waals surface area contributed by atoms with Gasteiger partial charge in [-0.2, -0.15) is 0 Å². The molecule has 0 bridgehead atoms. The van der Waals surface area contributed by atoms with Crippen LogP contribution >= 0.6 is 0 Å². The van der Waals surface area contributed by atoms with Gasteiger partial charge in [0.1, 0.15) is 11.4 Å². The normalized spacial score (nSPS) is 14.5. The van der Waals surface area contributed by atoms with Gasteiger partial charge >= 0.3 is 0 Å². The fourth-order valence-corrected chi connectivity index (χ4v) is 3.26. The Bertz CT molecular complexity index is 927. The van der Waals surface area contributed by atoms with E-state index in [2.05, 4.69) is 15.2 Å². The van der Waals surface area contributed by atoms with E-state index in [0.717, 1.165) is 59.8 Å². The highest BCUT2D eigenvalue weighted by Gasteiger charge is 2.13. The third kappa shape index (κ3) is 4.11. The summed E-state index contributed by atoms with van der Waals surface area (Å²) in [5.41, 5.74) is 3.85. The number of pyridine rings is 1. The van der Waals surface area contributed by atoms with E-state index < -0.39 is 0 Å². The smallest absolute Gasteiger partial charge is 0.224 e. The van der Waals surface area contributed by atoms with Gasteiger partial charge < -0.3 is 19.4 Å². The van der Waals surface area contributed by atoms with E-state index >= 15 is 0 Å². The maximum absolute atomic E-state index is 12.3. The molecule has 1 N–H and O–H groups in total. The van der Waals surface area contributed by atoms with Crippen LogP contribution in [0.2, 0.25) is 0 Å². The summed E-state index contributed by atoms with van der Waals surface area (Å²) in [5.74, 6) is 0.920. The van der Waals surface area contributed by atoms with E-state index in [1.165, 1.54) is 0 Å². The van der Waals surface area contributed by atoms with E-state index in [1.807, 2.05) is 43.5 Å². The third-order valence-corrected chi connectivity index (χ3v) is 4.80. The molecule has 0 radical (unpaired) electrons. The number of aromatic nitrogens is 1. The zero-order valence-corrected chi connectivity index (χ0v) is 15.4. The minimum absolute atomic E-state index is 0.0319. The van der Waals surface area contributed by atoms with E-state index in [4.69, 9.17) is 9.15 Å². The zero-order chi connectivity index (χ0) is 18.6. The van der Waals surface area contributed by atoms with Crippen LogP contribution in [0, 0.1) is 6.92 Å². The first-order valence-electron chi connectivity index (χ1n) is 9.20. The number of ether oxygens (including phenoxy) is 1. The van der Waals surface area contributed by atoms with E-state index in [1.54, 1.807) is 6.26 Å². The van der Waals surface area contributed by atoms with E-state index in [0.29, 0.717) is 13.0 Å². The molecule has 2 aromatic heterocycles. The molecule has 0 spiro atoms. The van der Waals surface area contributed by atoms with Crippen LogP contribution in [-0.2, 0) is 22.5 Å². The Morgan fingerprint density at radius 1 is 1.22 bits per heavy atom. The highest BCUT2D eigenvalue weighted by atomic mass is 16.5. The van der Waals surface area contributed by atoms with Crippen molar-refractivity contribution < 1.29 is 13.9 Å². The fraction of sp³-hybridized carbons (Fsp3) is 0.333. The number of furan rings is 1. The number of fused-ring (bicyclic) bond motifs is 1. The number of hydrogen-bond acceptors (Lipinski definition) is 5. The van der Waals surface area contributed by atoms with Crippen LogP contribution in [0.1, 0.15) is 16.7 Å². The average Bonchev–Trinajstić information content (AvgIpc) is 3.09. The molecule has 3 aromatic rings. The van der Waals surface area contributed by atoms with Gasteiger partial charge in [-0.05, 0) is 30.2 Å². The lowest BCUT2D eigenvalue weighted by molar-refractivity contribution is -0.120. The van der Waals surface area contributed by atoms with Gasteiger partial charge in [0, 0.05) is 36.8 Å². The Kier molecular flexibility index (Phi) is 5.07. The van der Waals surface area contributed by atoms with Crippen LogP contribution in [0.25, 0.3) is 11.0 Å². The summed E-state index contributed by atoms with van der Waals surface area (Å²) in [5, 5.41) is 3.95. The lowest BCUT2D eigenvalue weighted by atomic mass is 10.1. The van der Waals surface area contributed by atoms with Crippen LogP contribution in [0.3, 0.4) is 0 Å². The summed E-state index contributed by atoms with van der Waals surface area (Å²) >= 11 is 0. The molecular formula is C21H23N3O3. The van der Waals surface area contributed by atoms with Gasteiger partial charge in [-0.15, -0.1) is 0 Å². The topological polar surface area (TPSA) is 67.6 Å². The quantitative estimate of drug-likeness (QED) is 0.753. The molecule has 1 fully saturated rings. The molecule has 1 saturated heterocycles.